The van der Waals surface area contributed by atoms with E-state index in [2.05, 4.69) is 9.97 Å². The fraction of sp³-hybridized carbons (Fsp3) is 0.600. The lowest BCUT2D eigenvalue weighted by Crippen LogP contribution is -2.13. The maximum Gasteiger partial charge on any atom is 0.220 e. The Morgan fingerprint density at radius 1 is 1.19 bits per heavy atom. The van der Waals surface area contributed by atoms with Crippen LogP contribution in [0.1, 0.15) is 5.82 Å². The van der Waals surface area contributed by atoms with E-state index in [0.717, 1.165) is 0 Å². The summed E-state index contributed by atoms with van der Waals surface area (Å²) >= 11 is 6.02. The van der Waals surface area contributed by atoms with Gasteiger partial charge in [0.2, 0.25) is 11.8 Å². The van der Waals surface area contributed by atoms with Crippen molar-refractivity contribution in [2.75, 3.05) is 27.9 Å². The minimum Gasteiger partial charge on any atom is -0.481 e. The second-order valence-corrected chi connectivity index (χ2v) is 3.74. The van der Waals surface area contributed by atoms with E-state index >= 15 is 0 Å². The summed E-state index contributed by atoms with van der Waals surface area (Å²) in [6.45, 7) is 0.449. The van der Waals surface area contributed by atoms with E-state index in [1.165, 1.54) is 0 Å². The van der Waals surface area contributed by atoms with Crippen LogP contribution >= 0.6 is 11.6 Å². The Kier molecular flexibility index (Phi) is 5.28. The zero-order valence-electron chi connectivity index (χ0n) is 9.57. The van der Waals surface area contributed by atoms with Crippen molar-refractivity contribution in [1.82, 2.24) is 9.97 Å². The van der Waals surface area contributed by atoms with Crippen molar-refractivity contribution >= 4 is 11.6 Å². The molecular formula is C10H15ClN2O3. The molecular weight excluding hydrogens is 232 g/mol. The van der Waals surface area contributed by atoms with Crippen molar-refractivity contribution in [3.8, 4) is 11.8 Å². The summed E-state index contributed by atoms with van der Waals surface area (Å²) in [6.07, 6.45) is 0.503. The Morgan fingerprint density at radius 2 is 1.75 bits per heavy atom. The molecule has 1 rings (SSSR count). The Labute approximate surface area is 99.7 Å². The number of aromatic nitrogens is 2. The summed E-state index contributed by atoms with van der Waals surface area (Å²) < 4.78 is 15.0. The van der Waals surface area contributed by atoms with Gasteiger partial charge in [0, 0.05) is 13.5 Å². The van der Waals surface area contributed by atoms with Crippen molar-refractivity contribution in [3.05, 3.63) is 11.9 Å². The summed E-state index contributed by atoms with van der Waals surface area (Å²) in [5, 5.41) is -0.165. The number of halogens is 1. The molecule has 0 saturated heterocycles. The van der Waals surface area contributed by atoms with Crippen LogP contribution in [0.2, 0.25) is 0 Å². The molecule has 0 bridgehead atoms. The molecule has 1 unspecified atom stereocenters. The first-order valence-electron chi connectivity index (χ1n) is 4.78. The van der Waals surface area contributed by atoms with Crippen LogP contribution in [0.3, 0.4) is 0 Å². The van der Waals surface area contributed by atoms with E-state index in [1.807, 2.05) is 0 Å². The number of hydrogen-bond acceptors (Lipinski definition) is 5. The van der Waals surface area contributed by atoms with Gasteiger partial charge < -0.3 is 14.2 Å². The fourth-order valence-electron chi connectivity index (χ4n) is 1.19. The zero-order chi connectivity index (χ0) is 12.0. The molecule has 0 aliphatic heterocycles. The lowest BCUT2D eigenvalue weighted by molar-refractivity contribution is 0.197. The van der Waals surface area contributed by atoms with Crippen LogP contribution in [0.4, 0.5) is 0 Å². The van der Waals surface area contributed by atoms with Crippen LogP contribution in [0.25, 0.3) is 0 Å². The van der Waals surface area contributed by atoms with E-state index in [4.69, 9.17) is 25.8 Å². The second-order valence-electron chi connectivity index (χ2n) is 3.13. The van der Waals surface area contributed by atoms with Crippen molar-refractivity contribution in [2.45, 2.75) is 11.8 Å². The molecule has 0 N–H and O–H groups in total. The monoisotopic (exact) mass is 246 g/mol. The third-order valence-electron chi connectivity index (χ3n) is 1.90. The van der Waals surface area contributed by atoms with Crippen LogP contribution < -0.4 is 9.47 Å². The van der Waals surface area contributed by atoms with Crippen LogP contribution in [-0.4, -0.2) is 43.3 Å². The van der Waals surface area contributed by atoms with Gasteiger partial charge in [-0.3, -0.25) is 0 Å². The molecule has 1 aromatic rings. The number of rotatable bonds is 6. The SMILES string of the molecule is COCC(Cl)Cc1nc(OC)cc(OC)n1. The summed E-state index contributed by atoms with van der Waals surface area (Å²) in [7, 11) is 4.68. The third-order valence-corrected chi connectivity index (χ3v) is 2.18. The van der Waals surface area contributed by atoms with Crippen LogP contribution in [0.15, 0.2) is 6.07 Å². The predicted octanol–water partition coefficient (Wildman–Crippen LogP) is 1.29. The average molecular weight is 247 g/mol. The Balaban J connectivity index is 2.78. The smallest absolute Gasteiger partial charge is 0.220 e. The highest BCUT2D eigenvalue weighted by Crippen LogP contribution is 2.16. The molecule has 0 amide bonds. The molecule has 1 heterocycles. The second kappa shape index (κ2) is 6.50. The summed E-state index contributed by atoms with van der Waals surface area (Å²) in [6, 6.07) is 1.61. The van der Waals surface area contributed by atoms with Gasteiger partial charge in [-0.15, -0.1) is 11.6 Å². The molecule has 16 heavy (non-hydrogen) atoms. The molecule has 6 heteroatoms. The van der Waals surface area contributed by atoms with Crippen molar-refractivity contribution < 1.29 is 14.2 Å². The molecule has 0 aliphatic carbocycles. The Morgan fingerprint density at radius 3 is 2.19 bits per heavy atom. The maximum absolute atomic E-state index is 6.02. The number of alkyl halides is 1. The Hall–Kier alpha value is -1.07. The normalized spacial score (nSPS) is 12.2. The van der Waals surface area contributed by atoms with Gasteiger partial charge in [0.05, 0.1) is 32.3 Å². The number of nitrogens with zero attached hydrogens (tertiary/aromatic N) is 2. The summed E-state index contributed by atoms with van der Waals surface area (Å²) in [4.78, 5) is 8.34. The van der Waals surface area contributed by atoms with E-state index in [1.54, 1.807) is 27.4 Å². The quantitative estimate of drug-likeness (QED) is 0.708. The molecule has 0 spiro atoms. The number of hydrogen-bond donors (Lipinski definition) is 0. The summed E-state index contributed by atoms with van der Waals surface area (Å²) in [5.74, 6) is 1.50. The van der Waals surface area contributed by atoms with Gasteiger partial charge in [-0.1, -0.05) is 0 Å². The third kappa shape index (κ3) is 3.83. The summed E-state index contributed by atoms with van der Waals surface area (Å²) in [5.41, 5.74) is 0. The van der Waals surface area contributed by atoms with Gasteiger partial charge in [-0.2, -0.15) is 9.97 Å². The van der Waals surface area contributed by atoms with Gasteiger partial charge in [0.15, 0.2) is 0 Å². The molecule has 0 saturated carbocycles. The molecule has 1 aromatic heterocycles. The fourth-order valence-corrected chi connectivity index (χ4v) is 1.45. The van der Waals surface area contributed by atoms with E-state index in [0.29, 0.717) is 30.6 Å². The predicted molar refractivity (Wildman–Crippen MR) is 60.4 cm³/mol. The van der Waals surface area contributed by atoms with Crippen LogP contribution in [0, 0.1) is 0 Å². The molecule has 0 fully saturated rings. The average Bonchev–Trinajstić information content (AvgIpc) is 2.28. The van der Waals surface area contributed by atoms with Crippen LogP contribution in [0.5, 0.6) is 11.8 Å². The van der Waals surface area contributed by atoms with Crippen molar-refractivity contribution in [1.29, 1.82) is 0 Å². The standard InChI is InChI=1S/C10H15ClN2O3/c1-14-6-7(11)4-8-12-9(15-2)5-10(13-8)16-3/h5,7H,4,6H2,1-3H3. The van der Waals surface area contributed by atoms with Gasteiger partial charge in [-0.25, -0.2) is 0 Å². The minimum absolute atomic E-state index is 0.165. The Bertz CT molecular complexity index is 314. The topological polar surface area (TPSA) is 53.5 Å². The van der Waals surface area contributed by atoms with E-state index in [9.17, 15) is 0 Å². The van der Waals surface area contributed by atoms with Gasteiger partial charge in [-0.05, 0) is 0 Å². The first-order chi connectivity index (χ1) is 7.69. The number of methoxy groups -OCH3 is 3. The van der Waals surface area contributed by atoms with Crippen molar-refractivity contribution in [3.63, 3.8) is 0 Å². The van der Waals surface area contributed by atoms with Crippen molar-refractivity contribution in [2.24, 2.45) is 0 Å². The molecule has 90 valence electrons. The first-order valence-corrected chi connectivity index (χ1v) is 5.22. The lowest BCUT2D eigenvalue weighted by atomic mass is 10.3. The van der Waals surface area contributed by atoms with Gasteiger partial charge in [0.25, 0.3) is 0 Å². The minimum atomic E-state index is -0.165. The molecule has 0 aliphatic rings. The van der Waals surface area contributed by atoms with Gasteiger partial charge >= 0.3 is 0 Å². The molecule has 1 atom stereocenters. The number of ether oxygens (including phenoxy) is 3. The molecule has 0 aromatic carbocycles. The van der Waals surface area contributed by atoms with E-state index in [-0.39, 0.29) is 5.38 Å². The highest BCUT2D eigenvalue weighted by atomic mass is 35.5. The molecule has 0 radical (unpaired) electrons. The highest BCUT2D eigenvalue weighted by molar-refractivity contribution is 6.20. The van der Waals surface area contributed by atoms with Gasteiger partial charge in [0.1, 0.15) is 5.82 Å². The first kappa shape index (κ1) is 13.0. The van der Waals surface area contributed by atoms with E-state index < -0.39 is 0 Å². The maximum atomic E-state index is 6.02. The molecule has 5 nitrogen and oxygen atoms in total. The zero-order valence-corrected chi connectivity index (χ0v) is 10.3. The highest BCUT2D eigenvalue weighted by Gasteiger charge is 2.11. The van der Waals surface area contributed by atoms with Crippen LogP contribution in [-0.2, 0) is 11.2 Å². The lowest BCUT2D eigenvalue weighted by Gasteiger charge is -2.09. The largest absolute Gasteiger partial charge is 0.481 e.